The Labute approximate surface area is 196 Å². The predicted octanol–water partition coefficient (Wildman–Crippen LogP) is 3.98. The number of hydrogen-bond donors (Lipinski definition) is 0. The first kappa shape index (κ1) is 22.7. The topological polar surface area (TPSA) is 93.2 Å². The first-order valence-corrected chi connectivity index (χ1v) is 10.6. The van der Waals surface area contributed by atoms with E-state index in [0.29, 0.717) is 17.1 Å². The average molecular weight is 458 g/mol. The molecular weight excluding hydrogens is 436 g/mol. The molecule has 0 atom stereocenters. The number of fused-ring (bicyclic) bond motifs is 1. The fourth-order valence-electron chi connectivity index (χ4n) is 3.99. The minimum atomic E-state index is -0.595. The highest BCUT2D eigenvalue weighted by molar-refractivity contribution is 6.17. The monoisotopic (exact) mass is 458 g/mol. The molecule has 0 radical (unpaired) electrons. The van der Waals surface area contributed by atoms with Crippen LogP contribution in [0.3, 0.4) is 0 Å². The maximum absolute atomic E-state index is 13.8. The summed E-state index contributed by atoms with van der Waals surface area (Å²) in [7, 11) is 2.53. The Kier molecular flexibility index (Phi) is 6.40. The van der Waals surface area contributed by atoms with E-state index in [1.54, 1.807) is 72.8 Å². The van der Waals surface area contributed by atoms with Gasteiger partial charge in [0, 0.05) is 13.0 Å². The third-order valence-corrected chi connectivity index (χ3v) is 5.57. The number of anilines is 3. The minimum Gasteiger partial charge on any atom is -0.465 e. The zero-order valence-corrected chi connectivity index (χ0v) is 18.7. The fourth-order valence-corrected chi connectivity index (χ4v) is 3.99. The number of methoxy groups -OCH3 is 2. The summed E-state index contributed by atoms with van der Waals surface area (Å²) in [6.07, 6.45) is -0.0505. The number of amides is 2. The van der Waals surface area contributed by atoms with E-state index in [0.717, 1.165) is 0 Å². The molecule has 172 valence electrons. The third kappa shape index (κ3) is 4.01. The molecule has 34 heavy (non-hydrogen) atoms. The van der Waals surface area contributed by atoms with Gasteiger partial charge in [0.15, 0.2) is 0 Å². The summed E-state index contributed by atoms with van der Waals surface area (Å²) >= 11 is 0. The number of rotatable bonds is 4. The van der Waals surface area contributed by atoms with Crippen molar-refractivity contribution < 1.29 is 28.7 Å². The molecule has 0 bridgehead atoms. The average Bonchev–Trinajstić information content (AvgIpc) is 2.88. The highest BCUT2D eigenvalue weighted by Gasteiger charge is 2.33. The van der Waals surface area contributed by atoms with E-state index in [2.05, 4.69) is 0 Å². The number of carbonyl (C=O) groups is 4. The van der Waals surface area contributed by atoms with Gasteiger partial charge in [0.2, 0.25) is 5.91 Å². The van der Waals surface area contributed by atoms with Gasteiger partial charge in [0.05, 0.1) is 48.0 Å². The van der Waals surface area contributed by atoms with Gasteiger partial charge in [-0.2, -0.15) is 0 Å². The van der Waals surface area contributed by atoms with Crippen molar-refractivity contribution >= 4 is 40.8 Å². The summed E-state index contributed by atoms with van der Waals surface area (Å²) in [4.78, 5) is 54.8. The molecule has 0 N–H and O–H groups in total. The maximum atomic E-state index is 13.8. The number of nitrogens with zero attached hydrogens (tertiary/aromatic N) is 2. The summed E-state index contributed by atoms with van der Waals surface area (Å²) in [6.45, 7) is 0.0247. The fraction of sp³-hybridized carbons (Fsp3) is 0.154. The molecule has 2 amide bonds. The van der Waals surface area contributed by atoms with Crippen molar-refractivity contribution in [1.29, 1.82) is 0 Å². The second-order valence-corrected chi connectivity index (χ2v) is 7.47. The number of para-hydroxylation sites is 3. The van der Waals surface area contributed by atoms with E-state index in [9.17, 15) is 19.2 Å². The molecule has 0 saturated carbocycles. The van der Waals surface area contributed by atoms with Crippen molar-refractivity contribution in [3.05, 3.63) is 89.5 Å². The Bertz CT molecular complexity index is 1290. The lowest BCUT2D eigenvalue weighted by Crippen LogP contribution is -2.41. The molecule has 1 heterocycles. The molecular formula is C26H22N2O6. The van der Waals surface area contributed by atoms with Crippen LogP contribution in [-0.4, -0.2) is 44.5 Å². The molecule has 0 unspecified atom stereocenters. The molecule has 8 heteroatoms. The van der Waals surface area contributed by atoms with Crippen molar-refractivity contribution in [1.82, 2.24) is 0 Å². The van der Waals surface area contributed by atoms with Crippen LogP contribution in [0.25, 0.3) is 0 Å². The second kappa shape index (κ2) is 9.58. The summed E-state index contributed by atoms with van der Waals surface area (Å²) in [6, 6.07) is 19.8. The van der Waals surface area contributed by atoms with Crippen LogP contribution >= 0.6 is 0 Å². The number of esters is 2. The summed E-state index contributed by atoms with van der Waals surface area (Å²) in [5, 5.41) is 0. The summed E-state index contributed by atoms with van der Waals surface area (Å²) in [5.41, 5.74) is 1.67. The molecule has 0 aromatic heterocycles. The van der Waals surface area contributed by atoms with Gasteiger partial charge in [-0.25, -0.2) is 9.59 Å². The molecule has 1 aliphatic heterocycles. The lowest BCUT2D eigenvalue weighted by molar-refractivity contribution is -0.117. The number of carbonyl (C=O) groups excluding carboxylic acids is 4. The highest BCUT2D eigenvalue weighted by Crippen LogP contribution is 2.36. The standard InChI is InChI=1S/C26H22N2O6/c1-33-25(31)18-10-4-6-12-20(18)27-16-15-23(29)28(21-13-7-3-9-17(21)24(27)30)22-14-8-5-11-19(22)26(32)34-2/h3-14H,15-16H2,1-2H3. The predicted molar refractivity (Wildman–Crippen MR) is 125 cm³/mol. The Balaban J connectivity index is 1.88. The van der Waals surface area contributed by atoms with Gasteiger partial charge in [0.1, 0.15) is 0 Å². The molecule has 0 spiro atoms. The molecule has 3 aromatic rings. The zero-order chi connectivity index (χ0) is 24.2. The van der Waals surface area contributed by atoms with Crippen LogP contribution in [0.2, 0.25) is 0 Å². The number of ether oxygens (including phenoxy) is 2. The van der Waals surface area contributed by atoms with Crippen molar-refractivity contribution in [2.45, 2.75) is 6.42 Å². The van der Waals surface area contributed by atoms with E-state index in [1.165, 1.54) is 24.0 Å². The Hall–Kier alpha value is -4.46. The van der Waals surface area contributed by atoms with Crippen LogP contribution in [0.5, 0.6) is 0 Å². The normalized spacial score (nSPS) is 13.6. The zero-order valence-electron chi connectivity index (χ0n) is 18.7. The lowest BCUT2D eigenvalue weighted by atomic mass is 10.0. The van der Waals surface area contributed by atoms with Gasteiger partial charge in [-0.15, -0.1) is 0 Å². The Morgan fingerprint density at radius 3 is 1.82 bits per heavy atom. The van der Waals surface area contributed by atoms with Gasteiger partial charge >= 0.3 is 11.9 Å². The van der Waals surface area contributed by atoms with E-state index in [4.69, 9.17) is 9.47 Å². The van der Waals surface area contributed by atoms with Crippen molar-refractivity contribution in [2.24, 2.45) is 0 Å². The van der Waals surface area contributed by atoms with E-state index < -0.39 is 11.9 Å². The number of benzene rings is 3. The van der Waals surface area contributed by atoms with Crippen molar-refractivity contribution in [2.75, 3.05) is 30.6 Å². The summed E-state index contributed by atoms with van der Waals surface area (Å²) in [5.74, 6) is -1.89. The van der Waals surface area contributed by atoms with Gasteiger partial charge in [-0.1, -0.05) is 36.4 Å². The lowest BCUT2D eigenvalue weighted by Gasteiger charge is -2.33. The maximum Gasteiger partial charge on any atom is 0.339 e. The highest BCUT2D eigenvalue weighted by atomic mass is 16.5. The Morgan fingerprint density at radius 2 is 1.21 bits per heavy atom. The van der Waals surface area contributed by atoms with Gasteiger partial charge in [-0.05, 0) is 36.4 Å². The van der Waals surface area contributed by atoms with E-state index in [-0.39, 0.29) is 41.5 Å². The van der Waals surface area contributed by atoms with Crippen molar-refractivity contribution in [3.63, 3.8) is 0 Å². The van der Waals surface area contributed by atoms with Crippen LogP contribution in [0.1, 0.15) is 37.5 Å². The number of hydrogen-bond acceptors (Lipinski definition) is 6. The van der Waals surface area contributed by atoms with E-state index >= 15 is 0 Å². The first-order chi connectivity index (χ1) is 16.5. The van der Waals surface area contributed by atoms with E-state index in [1.807, 2.05) is 0 Å². The molecule has 1 aliphatic rings. The van der Waals surface area contributed by atoms with Crippen LogP contribution in [0.15, 0.2) is 72.8 Å². The smallest absolute Gasteiger partial charge is 0.339 e. The first-order valence-electron chi connectivity index (χ1n) is 10.6. The quantitative estimate of drug-likeness (QED) is 0.549. The molecule has 4 rings (SSSR count). The third-order valence-electron chi connectivity index (χ3n) is 5.57. The SMILES string of the molecule is COC(=O)c1ccccc1N1CCC(=O)N(c2ccccc2C(=O)OC)c2ccccc2C1=O. The minimum absolute atomic E-state index is 0.0247. The molecule has 3 aromatic carbocycles. The van der Waals surface area contributed by atoms with Gasteiger partial charge < -0.3 is 14.4 Å². The molecule has 0 fully saturated rings. The largest absolute Gasteiger partial charge is 0.465 e. The Morgan fingerprint density at radius 1 is 0.706 bits per heavy atom. The van der Waals surface area contributed by atoms with Crippen LogP contribution in [0, 0.1) is 0 Å². The van der Waals surface area contributed by atoms with Crippen LogP contribution in [0.4, 0.5) is 17.1 Å². The molecule has 0 aliphatic carbocycles. The second-order valence-electron chi connectivity index (χ2n) is 7.47. The molecule has 0 saturated heterocycles. The van der Waals surface area contributed by atoms with Crippen LogP contribution in [-0.2, 0) is 14.3 Å². The van der Waals surface area contributed by atoms with Crippen LogP contribution < -0.4 is 9.80 Å². The van der Waals surface area contributed by atoms with Gasteiger partial charge in [-0.3, -0.25) is 14.5 Å². The molecule has 8 nitrogen and oxygen atoms in total. The van der Waals surface area contributed by atoms with Gasteiger partial charge in [0.25, 0.3) is 5.91 Å². The van der Waals surface area contributed by atoms with Crippen molar-refractivity contribution in [3.8, 4) is 0 Å². The summed E-state index contributed by atoms with van der Waals surface area (Å²) < 4.78 is 9.77.